The van der Waals surface area contributed by atoms with Gasteiger partial charge in [0.25, 0.3) is 0 Å². The number of piperidine rings is 2. The molecule has 0 aliphatic carbocycles. The van der Waals surface area contributed by atoms with Gasteiger partial charge >= 0.3 is 17.8 Å². The van der Waals surface area contributed by atoms with Gasteiger partial charge in [0.05, 0.1) is 35.7 Å². The minimum absolute atomic E-state index is 0.0591. The summed E-state index contributed by atoms with van der Waals surface area (Å²) in [6.45, 7) is 18.7. The lowest BCUT2D eigenvalue weighted by atomic mass is 9.96. The number of carbonyl (C=O) groups excluding carboxylic acids is 4. The highest BCUT2D eigenvalue weighted by Crippen LogP contribution is 2.36. The van der Waals surface area contributed by atoms with Crippen LogP contribution in [-0.2, 0) is 15.0 Å². The second kappa shape index (κ2) is 19.0. The van der Waals surface area contributed by atoms with E-state index in [0.29, 0.717) is 44.3 Å². The molecule has 4 N–H and O–H groups in total. The molecule has 5 amide bonds. The zero-order valence-electron chi connectivity index (χ0n) is 40.0. The molecule has 356 valence electrons. The summed E-state index contributed by atoms with van der Waals surface area (Å²) in [6.07, 6.45) is 5.59. The number of nitrogens with one attached hydrogen (secondary N) is 4. The van der Waals surface area contributed by atoms with Crippen LogP contribution in [0.3, 0.4) is 0 Å². The maximum Gasteiger partial charge on any atom is 0.328 e. The first-order valence-corrected chi connectivity index (χ1v) is 23.7. The molecule has 0 saturated carbocycles. The molecule has 0 bridgehead atoms. The predicted octanol–water partition coefficient (Wildman–Crippen LogP) is 6.70. The van der Waals surface area contributed by atoms with Crippen LogP contribution in [0.1, 0.15) is 111 Å². The summed E-state index contributed by atoms with van der Waals surface area (Å²) in [5, 5.41) is 18.8. The number of nitrogens with zero attached hydrogens (tertiary/aromatic N) is 9. The Balaban J connectivity index is 0.763. The molecule has 6 aromatic rings. The Morgan fingerprint density at radius 3 is 2.34 bits per heavy atom. The SMILES string of the molecule is Cc1cc(-c2ncnc3[nH]c(-c4c(C)nn(C5CCN(C(=O)CNCC6CCN(c7ccc(N8CCC(=O)NC8=O)cc7)CC6)CC5)c4C)cc23)ccc1C(C)NC(=O)c1nc(C(C)(C)C)no1. The summed E-state index contributed by atoms with van der Waals surface area (Å²) in [5.74, 6) is 0.392. The van der Waals surface area contributed by atoms with Gasteiger partial charge in [-0.15, -0.1) is 0 Å². The molecule has 68 heavy (non-hydrogen) atoms. The fourth-order valence-electron chi connectivity index (χ4n) is 9.88. The van der Waals surface area contributed by atoms with Crippen molar-refractivity contribution in [1.29, 1.82) is 0 Å². The summed E-state index contributed by atoms with van der Waals surface area (Å²) in [6, 6.07) is 15.7. The van der Waals surface area contributed by atoms with Gasteiger partial charge in [-0.05, 0) is 113 Å². The van der Waals surface area contributed by atoms with E-state index in [2.05, 4.69) is 64.7 Å². The van der Waals surface area contributed by atoms with Crippen molar-refractivity contribution in [2.24, 2.45) is 5.92 Å². The first kappa shape index (κ1) is 46.2. The first-order chi connectivity index (χ1) is 32.6. The van der Waals surface area contributed by atoms with Crippen LogP contribution < -0.4 is 25.8 Å². The van der Waals surface area contributed by atoms with Gasteiger partial charge in [0.2, 0.25) is 11.8 Å². The number of rotatable bonds is 12. The molecule has 0 spiro atoms. The summed E-state index contributed by atoms with van der Waals surface area (Å²) < 4.78 is 7.40. The molecule has 18 nitrogen and oxygen atoms in total. The number of aryl methyl sites for hydroxylation is 2. The summed E-state index contributed by atoms with van der Waals surface area (Å²) in [7, 11) is 0. The third-order valence-corrected chi connectivity index (χ3v) is 13.7. The Morgan fingerprint density at radius 1 is 0.912 bits per heavy atom. The van der Waals surface area contributed by atoms with Crippen LogP contribution in [0.15, 0.2) is 59.4 Å². The van der Waals surface area contributed by atoms with E-state index in [1.54, 1.807) is 11.2 Å². The van der Waals surface area contributed by atoms with E-state index in [-0.39, 0.29) is 41.2 Å². The van der Waals surface area contributed by atoms with Crippen molar-refractivity contribution in [2.45, 2.75) is 98.1 Å². The molecule has 18 heteroatoms. The second-order valence-electron chi connectivity index (χ2n) is 19.5. The number of aromatic amines is 1. The van der Waals surface area contributed by atoms with Gasteiger partial charge in [-0.2, -0.15) is 10.1 Å². The molecular weight excluding hydrogens is 863 g/mol. The minimum atomic E-state index is -0.421. The average molecular weight is 924 g/mol. The summed E-state index contributed by atoms with van der Waals surface area (Å²) in [4.78, 5) is 73.2. The molecular formula is C50H61N13O5. The third kappa shape index (κ3) is 9.59. The van der Waals surface area contributed by atoms with Crippen LogP contribution in [0, 0.1) is 26.7 Å². The Bertz CT molecular complexity index is 2840. The number of amides is 5. The van der Waals surface area contributed by atoms with Crippen molar-refractivity contribution in [2.75, 3.05) is 55.6 Å². The number of anilines is 2. The van der Waals surface area contributed by atoms with Crippen molar-refractivity contribution >= 4 is 46.2 Å². The minimum Gasteiger partial charge on any atom is -0.372 e. The first-order valence-electron chi connectivity index (χ1n) is 23.7. The van der Waals surface area contributed by atoms with E-state index >= 15 is 0 Å². The highest BCUT2D eigenvalue weighted by Gasteiger charge is 2.30. The maximum absolute atomic E-state index is 13.4. The van der Waals surface area contributed by atoms with Crippen molar-refractivity contribution < 1.29 is 23.7 Å². The molecule has 9 rings (SSSR count). The second-order valence-corrected chi connectivity index (χ2v) is 19.5. The predicted molar refractivity (Wildman–Crippen MR) is 258 cm³/mol. The molecule has 3 saturated heterocycles. The molecule has 3 fully saturated rings. The number of hydrogen-bond donors (Lipinski definition) is 4. The Labute approximate surface area is 395 Å². The number of likely N-dealkylation sites (tertiary alicyclic amines) is 1. The van der Waals surface area contributed by atoms with E-state index < -0.39 is 5.91 Å². The standard InChI is InChI=1S/C50H61N13O5/c1-29-24-34(8-13-38(29)30(2)54-46(66)47-57-48(59-68-47)50(5,6)7)44-39-25-40(55-45(39)53-28-52-44)43-31(3)58-63(32(43)4)37-16-21-61(22-17-37)42(65)27-51-26-33-14-19-60(20-15-33)35-9-11-36(12-10-35)62-23-18-41(64)56-49(62)67/h8-13,24-25,28,30,33,37,51H,14-23,26-27H2,1-7H3,(H,54,66)(H,52,53,55)(H,56,64,67). The summed E-state index contributed by atoms with van der Waals surface area (Å²) in [5.41, 5.74) is 9.94. The molecule has 0 radical (unpaired) electrons. The number of fused-ring (bicyclic) bond motifs is 1. The van der Waals surface area contributed by atoms with Crippen LogP contribution >= 0.6 is 0 Å². The van der Waals surface area contributed by atoms with Gasteiger partial charge in [0.15, 0.2) is 5.82 Å². The lowest BCUT2D eigenvalue weighted by Crippen LogP contribution is -2.49. The van der Waals surface area contributed by atoms with E-state index in [0.717, 1.165) is 113 Å². The van der Waals surface area contributed by atoms with Gasteiger partial charge < -0.3 is 29.9 Å². The fourth-order valence-corrected chi connectivity index (χ4v) is 9.88. The normalized spacial score (nSPS) is 17.0. The van der Waals surface area contributed by atoms with Gasteiger partial charge in [-0.3, -0.25) is 29.3 Å². The van der Waals surface area contributed by atoms with Crippen LogP contribution in [0.25, 0.3) is 33.5 Å². The highest BCUT2D eigenvalue weighted by molar-refractivity contribution is 6.05. The topological polar surface area (TPSA) is 212 Å². The zero-order valence-corrected chi connectivity index (χ0v) is 40.0. The van der Waals surface area contributed by atoms with Crippen molar-refractivity contribution in [3.63, 3.8) is 0 Å². The van der Waals surface area contributed by atoms with Gasteiger partial charge in [0.1, 0.15) is 12.0 Å². The molecule has 3 aliphatic rings. The Kier molecular flexibility index (Phi) is 12.9. The largest absolute Gasteiger partial charge is 0.372 e. The van der Waals surface area contributed by atoms with Crippen molar-refractivity contribution in [3.8, 4) is 22.5 Å². The number of benzene rings is 2. The third-order valence-electron chi connectivity index (χ3n) is 13.7. The molecule has 3 aliphatic heterocycles. The van der Waals surface area contributed by atoms with Gasteiger partial charge in [-0.25, -0.2) is 14.8 Å². The Morgan fingerprint density at radius 2 is 1.65 bits per heavy atom. The van der Waals surface area contributed by atoms with E-state index in [4.69, 9.17) is 14.6 Å². The maximum atomic E-state index is 13.4. The summed E-state index contributed by atoms with van der Waals surface area (Å²) >= 11 is 0. The molecule has 7 heterocycles. The van der Waals surface area contributed by atoms with E-state index in [1.165, 1.54) is 0 Å². The van der Waals surface area contributed by atoms with Gasteiger partial charge in [-0.1, -0.05) is 38.1 Å². The molecule has 1 atom stereocenters. The average Bonchev–Trinajstić information content (AvgIpc) is 4.07. The number of aromatic nitrogens is 7. The van der Waals surface area contributed by atoms with Gasteiger partial charge in [0, 0.05) is 78.1 Å². The Hall–Kier alpha value is -6.95. The van der Waals surface area contributed by atoms with E-state index in [9.17, 15) is 19.2 Å². The quantitative estimate of drug-likeness (QED) is 0.101. The zero-order chi connectivity index (χ0) is 47.9. The number of urea groups is 1. The van der Waals surface area contributed by atoms with Crippen LogP contribution in [0.4, 0.5) is 16.2 Å². The molecule has 2 aromatic carbocycles. The van der Waals surface area contributed by atoms with Crippen molar-refractivity contribution in [1.82, 2.24) is 55.7 Å². The van der Waals surface area contributed by atoms with Crippen LogP contribution in [0.2, 0.25) is 0 Å². The lowest BCUT2D eigenvalue weighted by molar-refractivity contribution is -0.131. The smallest absolute Gasteiger partial charge is 0.328 e. The lowest BCUT2D eigenvalue weighted by Gasteiger charge is -2.35. The van der Waals surface area contributed by atoms with Crippen LogP contribution in [0.5, 0.6) is 0 Å². The highest BCUT2D eigenvalue weighted by atomic mass is 16.5. The fraction of sp³-hybridized carbons (Fsp3) is 0.460. The number of imide groups is 1. The number of H-pyrrole nitrogens is 1. The number of carbonyl (C=O) groups is 4. The molecule has 4 aromatic heterocycles. The van der Waals surface area contributed by atoms with E-state index in [1.807, 2.05) is 82.8 Å². The monoisotopic (exact) mass is 923 g/mol. The molecule has 1 unspecified atom stereocenters. The van der Waals surface area contributed by atoms with Crippen molar-refractivity contribution in [3.05, 3.63) is 89.1 Å². The number of hydrogen-bond acceptors (Lipinski definition) is 12. The van der Waals surface area contributed by atoms with Crippen LogP contribution in [-0.4, -0.2) is 109 Å².